The number of hydrogen-bond acceptors (Lipinski definition) is 8. The lowest BCUT2D eigenvalue weighted by Gasteiger charge is -2.46. The highest BCUT2D eigenvalue weighted by Gasteiger charge is 2.34. The second-order valence-electron chi connectivity index (χ2n) is 10.4. The molecule has 3 aliphatic heterocycles. The zero-order chi connectivity index (χ0) is 23.6. The maximum atomic E-state index is 6.12. The number of piperazine rings is 2. The number of fused-ring (bicyclic) bond motifs is 2. The van der Waals surface area contributed by atoms with Crippen molar-refractivity contribution in [1.82, 2.24) is 24.8 Å². The van der Waals surface area contributed by atoms with Crippen LogP contribution in [0, 0.1) is 5.92 Å². The number of rotatable bonds is 6. The molecule has 0 spiro atoms. The molecule has 0 amide bonds. The van der Waals surface area contributed by atoms with E-state index in [4.69, 9.17) is 9.26 Å². The van der Waals surface area contributed by atoms with E-state index in [0.29, 0.717) is 12.0 Å². The molecule has 2 atom stereocenters. The zero-order valence-corrected chi connectivity index (χ0v) is 20.7. The molecule has 3 aromatic rings. The molecule has 0 aliphatic carbocycles. The molecule has 3 aliphatic rings. The van der Waals surface area contributed by atoms with E-state index in [1.807, 2.05) is 24.4 Å². The van der Waals surface area contributed by atoms with Gasteiger partial charge in [-0.05, 0) is 37.6 Å². The van der Waals surface area contributed by atoms with E-state index in [1.54, 1.807) is 0 Å². The minimum atomic E-state index is 0.553. The highest BCUT2D eigenvalue weighted by atomic mass is 16.5. The molecule has 5 heterocycles. The fraction of sp³-hybridized carbons (Fsp3) is 0.556. The van der Waals surface area contributed by atoms with Crippen molar-refractivity contribution < 1.29 is 9.26 Å². The van der Waals surface area contributed by atoms with Gasteiger partial charge in [0, 0.05) is 83.1 Å². The summed E-state index contributed by atoms with van der Waals surface area (Å²) in [4.78, 5) is 14.5. The van der Waals surface area contributed by atoms with E-state index >= 15 is 0 Å². The molecule has 35 heavy (non-hydrogen) atoms. The van der Waals surface area contributed by atoms with Crippen LogP contribution in [0.1, 0.15) is 18.4 Å². The van der Waals surface area contributed by atoms with Crippen LogP contribution in [-0.2, 0) is 6.54 Å². The summed E-state index contributed by atoms with van der Waals surface area (Å²) in [6, 6.07) is 12.9. The van der Waals surface area contributed by atoms with E-state index in [1.165, 1.54) is 18.4 Å². The molecule has 0 saturated carbocycles. The molecule has 0 unspecified atom stereocenters. The van der Waals surface area contributed by atoms with Crippen molar-refractivity contribution in [3.63, 3.8) is 0 Å². The van der Waals surface area contributed by atoms with Gasteiger partial charge in [-0.25, -0.2) is 4.98 Å². The Morgan fingerprint density at radius 1 is 0.971 bits per heavy atom. The van der Waals surface area contributed by atoms with Gasteiger partial charge in [0.1, 0.15) is 0 Å². The van der Waals surface area contributed by atoms with E-state index < -0.39 is 0 Å². The van der Waals surface area contributed by atoms with E-state index in [0.717, 1.165) is 88.2 Å². The monoisotopic (exact) mass is 476 g/mol. The Hall–Kier alpha value is -2.68. The van der Waals surface area contributed by atoms with Crippen LogP contribution in [0.25, 0.3) is 11.0 Å². The third-order valence-corrected chi connectivity index (χ3v) is 7.93. The van der Waals surface area contributed by atoms with Crippen LogP contribution < -0.4 is 9.64 Å². The summed E-state index contributed by atoms with van der Waals surface area (Å²) in [5.74, 6) is 2.29. The molecule has 2 aromatic heterocycles. The number of ether oxygens (including phenoxy) is 1. The first-order chi connectivity index (χ1) is 17.2. The van der Waals surface area contributed by atoms with Crippen LogP contribution in [0.4, 0.5) is 5.82 Å². The van der Waals surface area contributed by atoms with Gasteiger partial charge in [0.2, 0.25) is 5.88 Å². The fourth-order valence-electron chi connectivity index (χ4n) is 5.74. The highest BCUT2D eigenvalue weighted by molar-refractivity contribution is 5.88. The lowest BCUT2D eigenvalue weighted by Crippen LogP contribution is -2.57. The number of nitrogens with zero attached hydrogens (tertiary/aromatic N) is 6. The summed E-state index contributed by atoms with van der Waals surface area (Å²) in [6.45, 7) is 10.4. The highest BCUT2D eigenvalue weighted by Crippen LogP contribution is 2.31. The average Bonchev–Trinajstić information content (AvgIpc) is 3.33. The first kappa shape index (κ1) is 22.8. The van der Waals surface area contributed by atoms with Crippen molar-refractivity contribution >= 4 is 16.8 Å². The van der Waals surface area contributed by atoms with Crippen LogP contribution in [0.3, 0.4) is 0 Å². The molecular weight excluding hydrogens is 440 g/mol. The molecule has 3 saturated heterocycles. The Kier molecular flexibility index (Phi) is 6.59. The van der Waals surface area contributed by atoms with Gasteiger partial charge in [-0.3, -0.25) is 9.80 Å². The molecule has 0 N–H and O–H groups in total. The Balaban J connectivity index is 0.976. The van der Waals surface area contributed by atoms with Crippen LogP contribution >= 0.6 is 0 Å². The lowest BCUT2D eigenvalue weighted by atomic mass is 9.91. The van der Waals surface area contributed by atoms with Crippen molar-refractivity contribution in [2.45, 2.75) is 25.4 Å². The molecule has 8 heteroatoms. The summed E-state index contributed by atoms with van der Waals surface area (Å²) in [5, 5.41) is 5.49. The van der Waals surface area contributed by atoms with Gasteiger partial charge in [-0.2, -0.15) is 0 Å². The SMILES string of the molecule is CN1CCN(Cc2ccc(OC[C@@H]3CC[C@@H]4CN(c5noc6ccccc56)CCN4C3)nc2)CC1. The number of piperidine rings is 1. The summed E-state index contributed by atoms with van der Waals surface area (Å²) in [6.07, 6.45) is 4.37. The minimum Gasteiger partial charge on any atom is -0.477 e. The first-order valence-electron chi connectivity index (χ1n) is 13.0. The Labute approximate surface area is 207 Å². The smallest absolute Gasteiger partial charge is 0.213 e. The van der Waals surface area contributed by atoms with Gasteiger partial charge >= 0.3 is 0 Å². The number of aromatic nitrogens is 2. The van der Waals surface area contributed by atoms with Crippen LogP contribution in [0.2, 0.25) is 0 Å². The van der Waals surface area contributed by atoms with Crippen LogP contribution in [0.5, 0.6) is 5.88 Å². The molecule has 6 rings (SSSR count). The summed E-state index contributed by atoms with van der Waals surface area (Å²) in [7, 11) is 2.19. The number of hydrogen-bond donors (Lipinski definition) is 0. The maximum absolute atomic E-state index is 6.12. The van der Waals surface area contributed by atoms with E-state index in [-0.39, 0.29) is 0 Å². The molecular formula is C27H36N6O2. The van der Waals surface area contributed by atoms with Gasteiger partial charge in [-0.1, -0.05) is 23.4 Å². The summed E-state index contributed by atoms with van der Waals surface area (Å²) < 4.78 is 11.7. The second kappa shape index (κ2) is 10.1. The van der Waals surface area contributed by atoms with Crippen LogP contribution in [-0.4, -0.2) is 96.9 Å². The summed E-state index contributed by atoms with van der Waals surface area (Å²) in [5.41, 5.74) is 2.13. The van der Waals surface area contributed by atoms with Gasteiger partial charge in [0.15, 0.2) is 11.4 Å². The number of pyridine rings is 1. The van der Waals surface area contributed by atoms with Crippen molar-refractivity contribution in [3.8, 4) is 5.88 Å². The van der Waals surface area contributed by atoms with E-state index in [2.05, 4.69) is 55.0 Å². The third-order valence-electron chi connectivity index (χ3n) is 7.93. The largest absolute Gasteiger partial charge is 0.477 e. The van der Waals surface area contributed by atoms with E-state index in [9.17, 15) is 0 Å². The molecule has 3 fully saturated rings. The number of likely N-dealkylation sites (N-methyl/N-ethyl adjacent to an activating group) is 1. The molecule has 0 radical (unpaired) electrons. The maximum Gasteiger partial charge on any atom is 0.213 e. The lowest BCUT2D eigenvalue weighted by molar-refractivity contribution is 0.0716. The number of benzene rings is 1. The predicted molar refractivity (Wildman–Crippen MR) is 137 cm³/mol. The molecule has 8 nitrogen and oxygen atoms in total. The van der Waals surface area contributed by atoms with Crippen molar-refractivity contribution in [3.05, 3.63) is 48.2 Å². The standard InChI is InChI=1S/C27H36N6O2/c1-30-10-12-31(13-11-30)17-21-7-9-26(28-16-21)34-20-22-6-8-23-19-33(15-14-32(23)18-22)27-24-4-2-3-5-25(24)35-29-27/h2-5,7,9,16,22-23H,6,8,10-15,17-20H2,1H3/t22-,23-/m1/s1. The van der Waals surface area contributed by atoms with Gasteiger partial charge < -0.3 is 19.1 Å². The average molecular weight is 477 g/mol. The Bertz CT molecular complexity index is 1110. The number of para-hydroxylation sites is 1. The second-order valence-corrected chi connectivity index (χ2v) is 10.4. The normalized spacial score (nSPS) is 24.5. The number of anilines is 1. The Morgan fingerprint density at radius 2 is 1.86 bits per heavy atom. The minimum absolute atomic E-state index is 0.553. The topological polar surface area (TPSA) is 61.1 Å². The molecule has 1 aromatic carbocycles. The summed E-state index contributed by atoms with van der Waals surface area (Å²) >= 11 is 0. The third kappa shape index (κ3) is 5.15. The van der Waals surface area contributed by atoms with Crippen LogP contribution in [0.15, 0.2) is 47.1 Å². The van der Waals surface area contributed by atoms with Crippen molar-refractivity contribution in [2.75, 3.05) is 70.9 Å². The van der Waals surface area contributed by atoms with Gasteiger partial charge in [0.05, 0.1) is 12.0 Å². The molecule has 186 valence electrons. The molecule has 0 bridgehead atoms. The zero-order valence-electron chi connectivity index (χ0n) is 20.7. The van der Waals surface area contributed by atoms with Crippen molar-refractivity contribution in [2.24, 2.45) is 5.92 Å². The van der Waals surface area contributed by atoms with Gasteiger partial charge in [-0.15, -0.1) is 0 Å². The first-order valence-corrected chi connectivity index (χ1v) is 13.0. The quantitative estimate of drug-likeness (QED) is 0.538. The Morgan fingerprint density at radius 3 is 2.71 bits per heavy atom. The van der Waals surface area contributed by atoms with Gasteiger partial charge in [0.25, 0.3) is 0 Å². The van der Waals surface area contributed by atoms with Crippen molar-refractivity contribution in [1.29, 1.82) is 0 Å². The fourth-order valence-corrected chi connectivity index (χ4v) is 5.74. The predicted octanol–water partition coefficient (Wildman–Crippen LogP) is 2.95.